The Hall–Kier alpha value is -3.71. The lowest BCUT2D eigenvalue weighted by molar-refractivity contribution is 0.102. The number of carbonyl (C=O) groups excluding carboxylic acids is 1. The van der Waals surface area contributed by atoms with Crippen molar-refractivity contribution in [1.29, 1.82) is 0 Å². The molecule has 30 heavy (non-hydrogen) atoms. The van der Waals surface area contributed by atoms with Crippen LogP contribution in [-0.4, -0.2) is 27.4 Å². The molecule has 5 aromatic rings. The maximum Gasteiger partial charge on any atom is 0.284 e. The predicted octanol–water partition coefficient (Wildman–Crippen LogP) is 5.18. The summed E-state index contributed by atoms with van der Waals surface area (Å²) in [7, 11) is 1.58. The number of para-hydroxylation sites is 1. The molecular formula is C23H18N4O2S. The van der Waals surface area contributed by atoms with Crippen molar-refractivity contribution in [2.75, 3.05) is 12.4 Å². The summed E-state index contributed by atoms with van der Waals surface area (Å²) in [6.07, 6.45) is 3.95. The average molecular weight is 414 g/mol. The summed E-state index contributed by atoms with van der Waals surface area (Å²) >= 11 is 1.36. The average Bonchev–Trinajstić information content (AvgIpc) is 3.39. The zero-order valence-corrected chi connectivity index (χ0v) is 17.2. The normalized spacial score (nSPS) is 11.1. The number of hydrogen-bond acceptors (Lipinski definition) is 5. The van der Waals surface area contributed by atoms with Gasteiger partial charge in [-0.3, -0.25) is 4.79 Å². The van der Waals surface area contributed by atoms with Crippen molar-refractivity contribution in [3.63, 3.8) is 0 Å². The Bertz CT molecular complexity index is 1370. The standard InChI is InChI=1S/C23H18N4O2S/c1-14-6-5-11-27-13-18(24-21(14)27)15-9-10-19(29-2)17(12-15)25-22(28)23-26-16-7-3-4-8-20(16)30-23/h3-13H,1-2H3,(H,25,28). The van der Waals surface area contributed by atoms with Gasteiger partial charge in [0.25, 0.3) is 5.91 Å². The van der Waals surface area contributed by atoms with Crippen LogP contribution >= 0.6 is 11.3 Å². The summed E-state index contributed by atoms with van der Waals surface area (Å²) in [5, 5.41) is 3.35. The number of fused-ring (bicyclic) bond motifs is 2. The molecule has 1 amide bonds. The molecule has 0 fully saturated rings. The first-order chi connectivity index (χ1) is 14.6. The number of benzene rings is 2. The van der Waals surface area contributed by atoms with E-state index in [4.69, 9.17) is 9.72 Å². The van der Waals surface area contributed by atoms with Gasteiger partial charge in [0, 0.05) is 18.0 Å². The molecule has 0 saturated carbocycles. The molecule has 0 aliphatic rings. The van der Waals surface area contributed by atoms with Crippen molar-refractivity contribution in [1.82, 2.24) is 14.4 Å². The minimum absolute atomic E-state index is 0.266. The lowest BCUT2D eigenvalue weighted by atomic mass is 10.1. The van der Waals surface area contributed by atoms with Crippen molar-refractivity contribution < 1.29 is 9.53 Å². The lowest BCUT2D eigenvalue weighted by Gasteiger charge is -2.10. The summed E-state index contributed by atoms with van der Waals surface area (Å²) < 4.78 is 8.42. The molecule has 0 spiro atoms. The zero-order valence-electron chi connectivity index (χ0n) is 16.4. The molecular weight excluding hydrogens is 396 g/mol. The number of imidazole rings is 1. The molecule has 5 rings (SSSR count). The summed E-state index contributed by atoms with van der Waals surface area (Å²) in [6.45, 7) is 2.03. The van der Waals surface area contributed by atoms with Crippen LogP contribution in [0.3, 0.4) is 0 Å². The number of carbonyl (C=O) groups is 1. The number of rotatable bonds is 4. The van der Waals surface area contributed by atoms with Gasteiger partial charge in [-0.25, -0.2) is 9.97 Å². The number of nitrogens with one attached hydrogen (secondary N) is 1. The SMILES string of the molecule is COc1ccc(-c2cn3cccc(C)c3n2)cc1NC(=O)c1nc2ccccc2s1. The second-order valence-electron chi connectivity index (χ2n) is 6.90. The highest BCUT2D eigenvalue weighted by atomic mass is 32.1. The maximum absolute atomic E-state index is 12.8. The third kappa shape index (κ3) is 3.19. The van der Waals surface area contributed by atoms with Crippen LogP contribution in [0.5, 0.6) is 5.75 Å². The highest BCUT2D eigenvalue weighted by Crippen LogP contribution is 2.32. The number of nitrogens with zero attached hydrogens (tertiary/aromatic N) is 3. The number of methoxy groups -OCH3 is 1. The van der Waals surface area contributed by atoms with Crippen LogP contribution in [-0.2, 0) is 0 Å². The zero-order chi connectivity index (χ0) is 20.7. The van der Waals surface area contributed by atoms with Gasteiger partial charge in [0.15, 0.2) is 5.01 Å². The van der Waals surface area contributed by atoms with Gasteiger partial charge in [-0.15, -0.1) is 11.3 Å². The van der Waals surface area contributed by atoms with Gasteiger partial charge >= 0.3 is 0 Å². The molecule has 0 bridgehead atoms. The Kier molecular flexibility index (Phi) is 4.44. The van der Waals surface area contributed by atoms with Crippen molar-refractivity contribution in [2.24, 2.45) is 0 Å². The number of aryl methyl sites for hydroxylation is 1. The fourth-order valence-electron chi connectivity index (χ4n) is 3.40. The Morgan fingerprint density at radius 1 is 1.10 bits per heavy atom. The molecule has 148 valence electrons. The van der Waals surface area contributed by atoms with Crippen LogP contribution in [0.1, 0.15) is 15.4 Å². The van der Waals surface area contributed by atoms with E-state index in [9.17, 15) is 4.79 Å². The third-order valence-electron chi connectivity index (χ3n) is 4.91. The Balaban J connectivity index is 1.50. The van der Waals surface area contributed by atoms with Crippen LogP contribution in [0, 0.1) is 6.92 Å². The van der Waals surface area contributed by atoms with Crippen molar-refractivity contribution >= 4 is 38.8 Å². The number of thiazole rings is 1. The van der Waals surface area contributed by atoms with Crippen molar-refractivity contribution in [2.45, 2.75) is 6.92 Å². The van der Waals surface area contributed by atoms with E-state index in [0.717, 1.165) is 32.7 Å². The van der Waals surface area contributed by atoms with E-state index in [1.54, 1.807) is 7.11 Å². The molecule has 0 aliphatic carbocycles. The van der Waals surface area contributed by atoms with Gasteiger partial charge in [0.1, 0.15) is 11.4 Å². The molecule has 0 atom stereocenters. The number of ether oxygens (including phenoxy) is 1. The Labute approximate surface area is 176 Å². The molecule has 2 aromatic carbocycles. The maximum atomic E-state index is 12.8. The number of hydrogen-bond donors (Lipinski definition) is 1. The minimum Gasteiger partial charge on any atom is -0.495 e. The first kappa shape index (κ1) is 18.3. The fraction of sp³-hybridized carbons (Fsp3) is 0.0870. The van der Waals surface area contributed by atoms with Crippen molar-refractivity contribution in [3.05, 3.63) is 77.6 Å². The highest BCUT2D eigenvalue weighted by molar-refractivity contribution is 7.20. The summed E-state index contributed by atoms with van der Waals surface area (Å²) in [4.78, 5) is 22.0. The molecule has 0 saturated heterocycles. The second-order valence-corrected chi connectivity index (χ2v) is 7.93. The first-order valence-corrected chi connectivity index (χ1v) is 10.2. The van der Waals surface area contributed by atoms with Crippen LogP contribution in [0.25, 0.3) is 27.1 Å². The topological polar surface area (TPSA) is 68.5 Å². The van der Waals surface area contributed by atoms with Crippen LogP contribution in [0.2, 0.25) is 0 Å². The number of aromatic nitrogens is 3. The van der Waals surface area contributed by atoms with Gasteiger partial charge in [0.2, 0.25) is 0 Å². The van der Waals surface area contributed by atoms with Gasteiger partial charge in [-0.2, -0.15) is 0 Å². The number of amides is 1. The molecule has 3 heterocycles. The van der Waals surface area contributed by atoms with E-state index in [1.807, 2.05) is 78.3 Å². The highest BCUT2D eigenvalue weighted by Gasteiger charge is 2.16. The quantitative estimate of drug-likeness (QED) is 0.440. The molecule has 0 unspecified atom stereocenters. The van der Waals surface area contributed by atoms with Crippen LogP contribution in [0.4, 0.5) is 5.69 Å². The van der Waals surface area contributed by atoms with Gasteiger partial charge in [-0.05, 0) is 48.9 Å². The van der Waals surface area contributed by atoms with E-state index < -0.39 is 0 Å². The monoisotopic (exact) mass is 414 g/mol. The van der Waals surface area contributed by atoms with E-state index in [2.05, 4.69) is 10.3 Å². The Morgan fingerprint density at radius 2 is 1.97 bits per heavy atom. The smallest absolute Gasteiger partial charge is 0.284 e. The number of pyridine rings is 1. The molecule has 7 heteroatoms. The minimum atomic E-state index is -0.266. The van der Waals surface area contributed by atoms with Gasteiger partial charge < -0.3 is 14.5 Å². The van der Waals surface area contributed by atoms with E-state index in [1.165, 1.54) is 11.3 Å². The van der Waals surface area contributed by atoms with E-state index in [-0.39, 0.29) is 5.91 Å². The predicted molar refractivity (Wildman–Crippen MR) is 119 cm³/mol. The first-order valence-electron chi connectivity index (χ1n) is 9.42. The van der Waals surface area contributed by atoms with Crippen LogP contribution < -0.4 is 10.1 Å². The van der Waals surface area contributed by atoms with E-state index >= 15 is 0 Å². The fourth-order valence-corrected chi connectivity index (χ4v) is 4.26. The molecule has 0 radical (unpaired) electrons. The second kappa shape index (κ2) is 7.27. The largest absolute Gasteiger partial charge is 0.495 e. The molecule has 0 aliphatic heterocycles. The van der Waals surface area contributed by atoms with Crippen LogP contribution in [0.15, 0.2) is 67.0 Å². The lowest BCUT2D eigenvalue weighted by Crippen LogP contribution is -2.12. The molecule has 3 aromatic heterocycles. The van der Waals surface area contributed by atoms with E-state index in [0.29, 0.717) is 16.4 Å². The number of anilines is 1. The molecule has 1 N–H and O–H groups in total. The summed E-state index contributed by atoms with van der Waals surface area (Å²) in [6, 6.07) is 17.4. The third-order valence-corrected chi connectivity index (χ3v) is 5.94. The summed E-state index contributed by atoms with van der Waals surface area (Å²) in [5.41, 5.74) is 5.10. The Morgan fingerprint density at radius 3 is 2.77 bits per heavy atom. The van der Waals surface area contributed by atoms with Crippen molar-refractivity contribution in [3.8, 4) is 17.0 Å². The van der Waals surface area contributed by atoms with Gasteiger partial charge in [-0.1, -0.05) is 18.2 Å². The molecule has 6 nitrogen and oxygen atoms in total. The van der Waals surface area contributed by atoms with Gasteiger partial charge in [0.05, 0.1) is 28.7 Å². The summed E-state index contributed by atoms with van der Waals surface area (Å²) in [5.74, 6) is 0.311.